The van der Waals surface area contributed by atoms with E-state index in [1.807, 2.05) is 6.92 Å². The summed E-state index contributed by atoms with van der Waals surface area (Å²) in [6.45, 7) is 2.55. The first-order chi connectivity index (χ1) is 6.57. The van der Waals surface area contributed by atoms with Crippen LogP contribution in [-0.2, 0) is 14.4 Å². The van der Waals surface area contributed by atoms with E-state index < -0.39 is 11.9 Å². The van der Waals surface area contributed by atoms with Gasteiger partial charge in [0.25, 0.3) is 0 Å². The van der Waals surface area contributed by atoms with Crippen LogP contribution in [0.5, 0.6) is 0 Å². The number of carbonyl (C=O) groups excluding carboxylic acids is 2. The zero-order valence-corrected chi connectivity index (χ0v) is 8.00. The number of nitrogens with one attached hydrogen (secondary N) is 2. The molecular weight excluding hydrogens is 188 g/mol. The van der Waals surface area contributed by atoms with E-state index >= 15 is 0 Å². The second-order valence-electron chi connectivity index (χ2n) is 2.66. The summed E-state index contributed by atoms with van der Waals surface area (Å²) in [5.41, 5.74) is 0. The lowest BCUT2D eigenvalue weighted by molar-refractivity contribution is -0.150. The average molecular weight is 202 g/mol. The second kappa shape index (κ2) is 6.88. The molecule has 0 unspecified atom stereocenters. The van der Waals surface area contributed by atoms with Crippen molar-refractivity contribution < 1.29 is 19.5 Å². The molecule has 0 spiro atoms. The van der Waals surface area contributed by atoms with Crippen LogP contribution >= 0.6 is 0 Å². The first-order valence-electron chi connectivity index (χ1n) is 4.35. The summed E-state index contributed by atoms with van der Waals surface area (Å²) in [5.74, 6) is -2.83. The highest BCUT2D eigenvalue weighted by atomic mass is 16.4. The standard InChI is InChI=1S/C8H14N2O4/c1-2-4-9-6(11)3-5-10-7(12)8(13)14/h2-5H2,1H3,(H,9,11)(H,10,12)(H,13,14). The minimum absolute atomic E-state index is 0.0423. The summed E-state index contributed by atoms with van der Waals surface area (Å²) in [5, 5.41) is 12.9. The Kier molecular flexibility index (Phi) is 6.09. The summed E-state index contributed by atoms with van der Waals surface area (Å²) < 4.78 is 0. The molecular formula is C8H14N2O4. The zero-order valence-electron chi connectivity index (χ0n) is 8.00. The quantitative estimate of drug-likeness (QED) is 0.503. The number of aliphatic carboxylic acids is 1. The van der Waals surface area contributed by atoms with E-state index in [9.17, 15) is 14.4 Å². The fraction of sp³-hybridized carbons (Fsp3) is 0.625. The van der Waals surface area contributed by atoms with Gasteiger partial charge < -0.3 is 15.7 Å². The van der Waals surface area contributed by atoms with Gasteiger partial charge in [0, 0.05) is 19.5 Å². The number of hydrogen-bond acceptors (Lipinski definition) is 3. The predicted molar refractivity (Wildman–Crippen MR) is 48.6 cm³/mol. The van der Waals surface area contributed by atoms with Crippen molar-refractivity contribution in [3.63, 3.8) is 0 Å². The fourth-order valence-corrected chi connectivity index (χ4v) is 0.718. The van der Waals surface area contributed by atoms with Gasteiger partial charge in [-0.1, -0.05) is 6.92 Å². The largest absolute Gasteiger partial charge is 0.474 e. The molecule has 0 aromatic rings. The Balaban J connectivity index is 3.49. The molecule has 0 aliphatic heterocycles. The third-order valence-corrected chi connectivity index (χ3v) is 1.40. The van der Waals surface area contributed by atoms with Crippen LogP contribution in [0.2, 0.25) is 0 Å². The van der Waals surface area contributed by atoms with Crippen molar-refractivity contribution in [2.24, 2.45) is 0 Å². The lowest BCUT2D eigenvalue weighted by atomic mass is 10.3. The number of carboxylic acids is 1. The second-order valence-corrected chi connectivity index (χ2v) is 2.66. The van der Waals surface area contributed by atoms with Gasteiger partial charge in [-0.25, -0.2) is 4.79 Å². The van der Waals surface area contributed by atoms with Crippen molar-refractivity contribution in [2.45, 2.75) is 19.8 Å². The smallest absolute Gasteiger partial charge is 0.394 e. The van der Waals surface area contributed by atoms with Crippen LogP contribution < -0.4 is 10.6 Å². The van der Waals surface area contributed by atoms with Crippen molar-refractivity contribution in [1.82, 2.24) is 10.6 Å². The van der Waals surface area contributed by atoms with Gasteiger partial charge in [-0.15, -0.1) is 0 Å². The van der Waals surface area contributed by atoms with Crippen LogP contribution in [0.3, 0.4) is 0 Å². The highest BCUT2D eigenvalue weighted by Gasteiger charge is 2.10. The van der Waals surface area contributed by atoms with Crippen LogP contribution in [0.25, 0.3) is 0 Å². The van der Waals surface area contributed by atoms with Gasteiger partial charge in [0.1, 0.15) is 0 Å². The topological polar surface area (TPSA) is 95.5 Å². The maximum Gasteiger partial charge on any atom is 0.394 e. The Morgan fingerprint density at radius 3 is 2.29 bits per heavy atom. The number of hydrogen-bond donors (Lipinski definition) is 3. The molecule has 0 saturated heterocycles. The summed E-state index contributed by atoms with van der Waals surface area (Å²) in [6.07, 6.45) is 0.937. The van der Waals surface area contributed by atoms with Gasteiger partial charge in [-0.2, -0.15) is 0 Å². The third kappa shape index (κ3) is 5.99. The van der Waals surface area contributed by atoms with Crippen molar-refractivity contribution in [2.75, 3.05) is 13.1 Å². The summed E-state index contributed by atoms with van der Waals surface area (Å²) in [6, 6.07) is 0. The minimum Gasteiger partial charge on any atom is -0.474 e. The highest BCUT2D eigenvalue weighted by molar-refractivity contribution is 6.31. The molecule has 2 amide bonds. The normalized spacial score (nSPS) is 9.21. The predicted octanol–water partition coefficient (Wildman–Crippen LogP) is -0.896. The molecule has 14 heavy (non-hydrogen) atoms. The molecule has 0 fully saturated rings. The van der Waals surface area contributed by atoms with Crippen molar-refractivity contribution in [3.05, 3.63) is 0 Å². The minimum atomic E-state index is -1.54. The van der Waals surface area contributed by atoms with Gasteiger partial charge in [-0.3, -0.25) is 9.59 Å². The molecule has 0 radical (unpaired) electrons. The molecule has 0 saturated carbocycles. The summed E-state index contributed by atoms with van der Waals surface area (Å²) >= 11 is 0. The fourth-order valence-electron chi connectivity index (χ4n) is 0.718. The zero-order chi connectivity index (χ0) is 11.0. The molecule has 80 valence electrons. The Morgan fingerprint density at radius 1 is 1.14 bits per heavy atom. The first-order valence-corrected chi connectivity index (χ1v) is 4.35. The summed E-state index contributed by atoms with van der Waals surface area (Å²) in [4.78, 5) is 31.5. The van der Waals surface area contributed by atoms with Gasteiger partial charge >= 0.3 is 11.9 Å². The summed E-state index contributed by atoms with van der Waals surface area (Å²) in [7, 11) is 0. The van der Waals surface area contributed by atoms with Crippen molar-refractivity contribution >= 4 is 17.8 Å². The van der Waals surface area contributed by atoms with Crippen LogP contribution in [-0.4, -0.2) is 36.0 Å². The SMILES string of the molecule is CCCNC(=O)CCNC(=O)C(=O)O. The van der Waals surface area contributed by atoms with E-state index in [4.69, 9.17) is 5.11 Å². The number of carboxylic acid groups (broad SMARTS) is 1. The number of rotatable bonds is 5. The van der Waals surface area contributed by atoms with Crippen LogP contribution in [0.4, 0.5) is 0 Å². The molecule has 0 aromatic carbocycles. The van der Waals surface area contributed by atoms with E-state index in [1.54, 1.807) is 0 Å². The maximum atomic E-state index is 10.9. The van der Waals surface area contributed by atoms with Crippen LogP contribution in [0.1, 0.15) is 19.8 Å². The first kappa shape index (κ1) is 12.4. The van der Waals surface area contributed by atoms with E-state index in [0.29, 0.717) is 6.54 Å². The lowest BCUT2D eigenvalue weighted by Crippen LogP contribution is -2.34. The number of carbonyl (C=O) groups is 3. The molecule has 6 heteroatoms. The van der Waals surface area contributed by atoms with Gasteiger partial charge in [0.05, 0.1) is 0 Å². The van der Waals surface area contributed by atoms with E-state index in [-0.39, 0.29) is 18.9 Å². The monoisotopic (exact) mass is 202 g/mol. The Bertz CT molecular complexity index is 227. The van der Waals surface area contributed by atoms with Crippen molar-refractivity contribution in [1.29, 1.82) is 0 Å². The van der Waals surface area contributed by atoms with Crippen LogP contribution in [0, 0.1) is 0 Å². The van der Waals surface area contributed by atoms with Gasteiger partial charge in [0.15, 0.2) is 0 Å². The Labute approximate surface area is 81.7 Å². The Morgan fingerprint density at radius 2 is 1.79 bits per heavy atom. The Hall–Kier alpha value is -1.59. The van der Waals surface area contributed by atoms with Gasteiger partial charge in [-0.05, 0) is 6.42 Å². The number of amides is 2. The highest BCUT2D eigenvalue weighted by Crippen LogP contribution is 1.79. The van der Waals surface area contributed by atoms with Crippen LogP contribution in [0.15, 0.2) is 0 Å². The van der Waals surface area contributed by atoms with E-state index in [1.165, 1.54) is 0 Å². The molecule has 0 heterocycles. The van der Waals surface area contributed by atoms with E-state index in [2.05, 4.69) is 10.6 Å². The molecule has 0 bridgehead atoms. The maximum absolute atomic E-state index is 10.9. The molecule has 3 N–H and O–H groups in total. The average Bonchev–Trinajstić information content (AvgIpc) is 2.14. The molecule has 0 aliphatic carbocycles. The molecule has 0 rings (SSSR count). The third-order valence-electron chi connectivity index (χ3n) is 1.40. The molecule has 0 aromatic heterocycles. The molecule has 6 nitrogen and oxygen atoms in total. The molecule has 0 aliphatic rings. The van der Waals surface area contributed by atoms with Gasteiger partial charge in [0.2, 0.25) is 5.91 Å². The molecule has 0 atom stereocenters. The lowest BCUT2D eigenvalue weighted by Gasteiger charge is -2.03. The van der Waals surface area contributed by atoms with Crippen molar-refractivity contribution in [3.8, 4) is 0 Å². The van der Waals surface area contributed by atoms with E-state index in [0.717, 1.165) is 6.42 Å².